The van der Waals surface area contributed by atoms with Crippen molar-refractivity contribution < 1.29 is 24.2 Å². The Kier molecular flexibility index (Phi) is 11.5. The molecule has 2 aromatic carbocycles. The van der Waals surface area contributed by atoms with Gasteiger partial charge >= 0.3 is 5.97 Å². The highest BCUT2D eigenvalue weighted by Gasteiger charge is 2.34. The van der Waals surface area contributed by atoms with Crippen LogP contribution in [0.15, 0.2) is 42.5 Å². The summed E-state index contributed by atoms with van der Waals surface area (Å²) in [5.41, 5.74) is 4.44. The van der Waals surface area contributed by atoms with Crippen molar-refractivity contribution >= 4 is 23.6 Å². The Morgan fingerprint density at radius 2 is 1.88 bits per heavy atom. The first-order valence-corrected chi connectivity index (χ1v) is 15.9. The van der Waals surface area contributed by atoms with Gasteiger partial charge in [0.1, 0.15) is 6.04 Å². The second-order valence-corrected chi connectivity index (χ2v) is 12.1. The lowest BCUT2D eigenvalue weighted by atomic mass is 9.93. The van der Waals surface area contributed by atoms with Gasteiger partial charge in [0.05, 0.1) is 18.8 Å². The van der Waals surface area contributed by atoms with Gasteiger partial charge in [0.25, 0.3) is 5.91 Å². The summed E-state index contributed by atoms with van der Waals surface area (Å²) in [5, 5.41) is 12.4. The normalized spacial score (nSPS) is 20.9. The minimum Gasteiger partial charge on any atom is -0.480 e. The largest absolute Gasteiger partial charge is 0.480 e. The zero-order chi connectivity index (χ0) is 28.5. The van der Waals surface area contributed by atoms with Crippen molar-refractivity contribution in [2.75, 3.05) is 32.3 Å². The van der Waals surface area contributed by atoms with Gasteiger partial charge in [-0.2, -0.15) is 11.8 Å². The number of likely N-dealkylation sites (tertiary alicyclic amines) is 1. The Morgan fingerprint density at radius 3 is 2.58 bits per heavy atom. The highest BCUT2D eigenvalue weighted by Crippen LogP contribution is 2.31. The number of carboxylic acid groups (broad SMARTS) is 1. The number of hydrogen-bond acceptors (Lipinski definition) is 6. The Balaban J connectivity index is 1.56. The van der Waals surface area contributed by atoms with Gasteiger partial charge in [-0.1, -0.05) is 49.6 Å². The van der Waals surface area contributed by atoms with E-state index in [9.17, 15) is 14.7 Å². The molecule has 7 nitrogen and oxygen atoms in total. The second kappa shape index (κ2) is 15.0. The number of ether oxygens (including phenoxy) is 2. The third-order valence-electron chi connectivity index (χ3n) is 8.15. The summed E-state index contributed by atoms with van der Waals surface area (Å²) in [5.74, 6) is -0.720. The molecule has 4 rings (SSSR count). The van der Waals surface area contributed by atoms with Crippen LogP contribution in [0.3, 0.4) is 0 Å². The number of carbonyl (C=O) groups is 2. The maximum Gasteiger partial charge on any atom is 0.326 e. The van der Waals surface area contributed by atoms with Crippen molar-refractivity contribution in [1.29, 1.82) is 0 Å². The average Bonchev–Trinajstić information content (AvgIpc) is 3.31. The molecule has 1 saturated heterocycles. The molecule has 0 spiro atoms. The standard InChI is InChI=1S/C32H44N2O5S/c1-22-9-7-8-12-27(22)29-17-23(13-14-28(29)31(35)33-30(32(36)37)15-16-40-3)19-34-20-26(18-24(34)21-38-2)39-25-10-5-4-6-11-25/h7-9,12-14,17,24-26,30H,4-6,10-11,15-16,18-21H2,1-3H3,(H,33,35)(H,36,37)/t24-,26?,30-/m0/s1. The molecule has 2 fully saturated rings. The Bertz CT molecular complexity index is 1140. The summed E-state index contributed by atoms with van der Waals surface area (Å²) < 4.78 is 12.1. The third kappa shape index (κ3) is 8.09. The maximum atomic E-state index is 13.4. The molecule has 3 atom stereocenters. The number of aryl methyl sites for hydroxylation is 1. The van der Waals surface area contributed by atoms with Crippen LogP contribution in [0.5, 0.6) is 0 Å². The minimum atomic E-state index is -1.01. The molecular formula is C32H44N2O5S. The molecule has 1 saturated carbocycles. The molecule has 1 aliphatic carbocycles. The van der Waals surface area contributed by atoms with Gasteiger partial charge in [-0.25, -0.2) is 4.79 Å². The van der Waals surface area contributed by atoms with E-state index >= 15 is 0 Å². The van der Waals surface area contributed by atoms with E-state index in [1.165, 1.54) is 19.3 Å². The van der Waals surface area contributed by atoms with E-state index in [1.807, 2.05) is 49.6 Å². The van der Waals surface area contributed by atoms with Crippen LogP contribution < -0.4 is 5.32 Å². The lowest BCUT2D eigenvalue weighted by molar-refractivity contribution is -0.139. The van der Waals surface area contributed by atoms with Gasteiger partial charge in [-0.15, -0.1) is 0 Å². The minimum absolute atomic E-state index is 0.207. The molecule has 1 amide bonds. The molecule has 40 heavy (non-hydrogen) atoms. The fourth-order valence-electron chi connectivity index (χ4n) is 6.02. The quantitative estimate of drug-likeness (QED) is 0.328. The zero-order valence-electron chi connectivity index (χ0n) is 24.1. The number of amides is 1. The summed E-state index contributed by atoms with van der Waals surface area (Å²) in [7, 11) is 1.75. The molecule has 1 unspecified atom stereocenters. The van der Waals surface area contributed by atoms with Crippen LogP contribution in [-0.2, 0) is 20.8 Å². The van der Waals surface area contributed by atoms with Crippen LogP contribution in [0.25, 0.3) is 11.1 Å². The lowest BCUT2D eigenvalue weighted by Gasteiger charge is -2.26. The zero-order valence-corrected chi connectivity index (χ0v) is 24.9. The summed E-state index contributed by atoms with van der Waals surface area (Å²) in [6.07, 6.45) is 10.00. The predicted octanol–water partition coefficient (Wildman–Crippen LogP) is 5.54. The van der Waals surface area contributed by atoms with Crippen molar-refractivity contribution in [3.05, 3.63) is 59.2 Å². The molecule has 2 aromatic rings. The molecule has 2 N–H and O–H groups in total. The Morgan fingerprint density at radius 1 is 1.10 bits per heavy atom. The van der Waals surface area contributed by atoms with Crippen LogP contribution in [0.2, 0.25) is 0 Å². The Hall–Kier alpha value is -2.39. The van der Waals surface area contributed by atoms with Gasteiger partial charge < -0.3 is 19.9 Å². The van der Waals surface area contributed by atoms with Crippen molar-refractivity contribution in [2.45, 2.75) is 82.7 Å². The molecule has 0 aromatic heterocycles. The first-order valence-electron chi connectivity index (χ1n) is 14.5. The molecule has 1 aliphatic heterocycles. The number of thioether (sulfide) groups is 1. The summed E-state index contributed by atoms with van der Waals surface area (Å²) >= 11 is 1.57. The fraction of sp³-hybridized carbons (Fsp3) is 0.562. The number of nitrogens with one attached hydrogen (secondary N) is 1. The number of hydrogen-bond donors (Lipinski definition) is 2. The average molecular weight is 569 g/mol. The molecule has 0 radical (unpaired) electrons. The topological polar surface area (TPSA) is 88.1 Å². The molecule has 1 heterocycles. The van der Waals surface area contributed by atoms with Crippen LogP contribution in [0.1, 0.15) is 66.4 Å². The van der Waals surface area contributed by atoms with E-state index in [0.717, 1.165) is 54.6 Å². The number of carboxylic acids is 1. The number of carbonyl (C=O) groups excluding carboxylic acids is 1. The van der Waals surface area contributed by atoms with E-state index in [1.54, 1.807) is 18.9 Å². The maximum absolute atomic E-state index is 13.4. The van der Waals surface area contributed by atoms with Crippen molar-refractivity contribution in [3.8, 4) is 11.1 Å². The van der Waals surface area contributed by atoms with Gasteiger partial charge in [0.15, 0.2) is 0 Å². The van der Waals surface area contributed by atoms with E-state index in [2.05, 4.69) is 16.3 Å². The van der Waals surface area contributed by atoms with Gasteiger partial charge in [-0.05, 0) is 79.0 Å². The number of nitrogens with zero attached hydrogens (tertiary/aromatic N) is 1. The summed E-state index contributed by atoms with van der Waals surface area (Å²) in [6, 6.07) is 13.3. The van der Waals surface area contributed by atoms with E-state index in [-0.39, 0.29) is 18.1 Å². The third-order valence-corrected chi connectivity index (χ3v) is 8.79. The molecule has 218 valence electrons. The van der Waals surface area contributed by atoms with E-state index in [4.69, 9.17) is 9.47 Å². The van der Waals surface area contributed by atoms with Crippen molar-refractivity contribution in [2.24, 2.45) is 0 Å². The smallest absolute Gasteiger partial charge is 0.326 e. The monoisotopic (exact) mass is 568 g/mol. The van der Waals surface area contributed by atoms with Gasteiger partial charge in [0, 0.05) is 31.8 Å². The molecule has 2 aliphatic rings. The van der Waals surface area contributed by atoms with Crippen molar-refractivity contribution in [3.63, 3.8) is 0 Å². The van der Waals surface area contributed by atoms with Gasteiger partial charge in [-0.3, -0.25) is 9.69 Å². The molecule has 0 bridgehead atoms. The van der Waals surface area contributed by atoms with Crippen LogP contribution in [0.4, 0.5) is 0 Å². The van der Waals surface area contributed by atoms with Gasteiger partial charge in [0.2, 0.25) is 0 Å². The lowest BCUT2D eigenvalue weighted by Crippen LogP contribution is -2.41. The van der Waals surface area contributed by atoms with E-state index < -0.39 is 12.0 Å². The highest BCUT2D eigenvalue weighted by molar-refractivity contribution is 7.98. The Labute approximate surface area is 243 Å². The van der Waals surface area contributed by atoms with E-state index in [0.29, 0.717) is 30.4 Å². The highest BCUT2D eigenvalue weighted by atomic mass is 32.2. The summed E-state index contributed by atoms with van der Waals surface area (Å²) in [6.45, 7) is 4.28. The fourth-order valence-corrected chi connectivity index (χ4v) is 6.49. The molecular weight excluding hydrogens is 524 g/mol. The summed E-state index contributed by atoms with van der Waals surface area (Å²) in [4.78, 5) is 27.7. The second-order valence-electron chi connectivity index (χ2n) is 11.1. The first-order chi connectivity index (χ1) is 19.4. The SMILES string of the molecule is COC[C@@H]1CC(OC2CCCCC2)CN1Cc1ccc(C(=O)N[C@@H](CCSC)C(=O)O)c(-c2ccccc2C)c1. The van der Waals surface area contributed by atoms with Crippen LogP contribution in [0, 0.1) is 6.92 Å². The van der Waals surface area contributed by atoms with Crippen LogP contribution in [-0.4, -0.2) is 78.4 Å². The number of benzene rings is 2. The predicted molar refractivity (Wildman–Crippen MR) is 161 cm³/mol. The van der Waals surface area contributed by atoms with Crippen molar-refractivity contribution in [1.82, 2.24) is 10.2 Å². The number of rotatable bonds is 13. The number of methoxy groups -OCH3 is 1. The number of aliphatic carboxylic acids is 1. The van der Waals surface area contributed by atoms with Crippen LogP contribution >= 0.6 is 11.8 Å². The molecule has 8 heteroatoms. The first kappa shape index (κ1) is 30.6.